The van der Waals surface area contributed by atoms with Crippen LogP contribution in [0.15, 0.2) is 18.5 Å². The smallest absolute Gasteiger partial charge is 0.130 e. The minimum Gasteiger partial charge on any atom is -0.342 e. The second-order valence-corrected chi connectivity index (χ2v) is 6.56. The highest BCUT2D eigenvalue weighted by molar-refractivity contribution is 7.99. The van der Waals surface area contributed by atoms with E-state index in [0.29, 0.717) is 10.7 Å². The summed E-state index contributed by atoms with van der Waals surface area (Å²) in [6.45, 7) is 1.08. The van der Waals surface area contributed by atoms with Gasteiger partial charge in [-0.15, -0.1) is 0 Å². The fraction of sp³-hybridized carbons (Fsp3) is 0.462. The molecule has 7 heteroatoms. The van der Waals surface area contributed by atoms with Crippen LogP contribution in [0.5, 0.6) is 0 Å². The van der Waals surface area contributed by atoms with Gasteiger partial charge in [0.05, 0.1) is 17.9 Å². The van der Waals surface area contributed by atoms with E-state index in [0.717, 1.165) is 29.4 Å². The van der Waals surface area contributed by atoms with Crippen molar-refractivity contribution >= 4 is 24.0 Å². The standard InChI is InChI=1S/C13H17N5S2/c1-17-3-4-20-8-11(17)13-15-10(5-12(19)16-13)9-6-14-18(2)7-9/h5-7,11H,3-4,8H2,1-2H3,(H,15,16,19). The molecule has 0 aromatic carbocycles. The van der Waals surface area contributed by atoms with Gasteiger partial charge in [-0.2, -0.15) is 16.9 Å². The summed E-state index contributed by atoms with van der Waals surface area (Å²) >= 11 is 7.28. The number of H-pyrrole nitrogens is 1. The lowest BCUT2D eigenvalue weighted by Crippen LogP contribution is -2.33. The first kappa shape index (κ1) is 13.8. The number of aromatic amines is 1. The summed E-state index contributed by atoms with van der Waals surface area (Å²) in [5, 5.41) is 4.21. The molecule has 1 N–H and O–H groups in total. The molecule has 20 heavy (non-hydrogen) atoms. The molecule has 2 aromatic rings. The van der Waals surface area contributed by atoms with Crippen molar-refractivity contribution in [1.82, 2.24) is 24.6 Å². The summed E-state index contributed by atoms with van der Waals surface area (Å²) in [6, 6.07) is 2.19. The van der Waals surface area contributed by atoms with Crippen LogP contribution in [0.4, 0.5) is 0 Å². The zero-order chi connectivity index (χ0) is 14.1. The highest BCUT2D eigenvalue weighted by atomic mass is 32.2. The Hall–Kier alpha value is -1.18. The molecular weight excluding hydrogens is 290 g/mol. The van der Waals surface area contributed by atoms with Crippen molar-refractivity contribution in [3.63, 3.8) is 0 Å². The molecule has 1 atom stereocenters. The van der Waals surface area contributed by atoms with Gasteiger partial charge in [-0.05, 0) is 13.1 Å². The predicted molar refractivity (Wildman–Crippen MR) is 84.3 cm³/mol. The monoisotopic (exact) mass is 307 g/mol. The minimum absolute atomic E-state index is 0.298. The van der Waals surface area contributed by atoms with Crippen LogP contribution in [0.3, 0.4) is 0 Å². The van der Waals surface area contributed by atoms with Crippen molar-refractivity contribution in [2.24, 2.45) is 7.05 Å². The Kier molecular flexibility index (Phi) is 3.91. The molecule has 3 rings (SSSR count). The van der Waals surface area contributed by atoms with Gasteiger partial charge < -0.3 is 4.98 Å². The number of nitrogens with zero attached hydrogens (tertiary/aromatic N) is 4. The summed E-state index contributed by atoms with van der Waals surface area (Å²) in [4.78, 5) is 10.3. The zero-order valence-electron chi connectivity index (χ0n) is 11.5. The van der Waals surface area contributed by atoms with Gasteiger partial charge in [0.2, 0.25) is 0 Å². The molecule has 1 aliphatic heterocycles. The maximum absolute atomic E-state index is 5.32. The number of hydrogen-bond donors (Lipinski definition) is 1. The Bertz CT molecular complexity index is 663. The third kappa shape index (κ3) is 2.79. The van der Waals surface area contributed by atoms with Crippen molar-refractivity contribution in [3.8, 4) is 11.3 Å². The molecule has 1 unspecified atom stereocenters. The van der Waals surface area contributed by atoms with Crippen LogP contribution in [0.1, 0.15) is 11.9 Å². The van der Waals surface area contributed by atoms with Crippen LogP contribution >= 0.6 is 24.0 Å². The van der Waals surface area contributed by atoms with E-state index < -0.39 is 0 Å². The second-order valence-electron chi connectivity index (χ2n) is 4.99. The normalized spacial score (nSPS) is 20.2. The van der Waals surface area contributed by atoms with Gasteiger partial charge in [-0.1, -0.05) is 12.2 Å². The average Bonchev–Trinajstić information content (AvgIpc) is 2.85. The van der Waals surface area contributed by atoms with Gasteiger partial charge in [0, 0.05) is 36.9 Å². The molecule has 1 aliphatic rings. The van der Waals surface area contributed by atoms with Crippen LogP contribution in [0.2, 0.25) is 0 Å². The molecule has 0 bridgehead atoms. The number of aromatic nitrogens is 4. The Morgan fingerprint density at radius 2 is 2.30 bits per heavy atom. The number of hydrogen-bond acceptors (Lipinski definition) is 5. The summed E-state index contributed by atoms with van der Waals surface area (Å²) < 4.78 is 2.41. The highest BCUT2D eigenvalue weighted by Gasteiger charge is 2.23. The van der Waals surface area contributed by atoms with Crippen molar-refractivity contribution in [3.05, 3.63) is 28.9 Å². The zero-order valence-corrected chi connectivity index (χ0v) is 13.2. The van der Waals surface area contributed by atoms with Crippen molar-refractivity contribution in [2.75, 3.05) is 25.1 Å². The average molecular weight is 307 g/mol. The second kappa shape index (κ2) is 5.67. The SMILES string of the molecule is CN1CCSCC1c1nc(=S)cc(-c2cnn(C)c2)[nH]1. The minimum atomic E-state index is 0.298. The van der Waals surface area contributed by atoms with E-state index in [-0.39, 0.29) is 0 Å². The molecule has 3 heterocycles. The van der Waals surface area contributed by atoms with E-state index in [1.165, 1.54) is 5.75 Å². The topological polar surface area (TPSA) is 49.7 Å². The van der Waals surface area contributed by atoms with Crippen molar-refractivity contribution < 1.29 is 0 Å². The Balaban J connectivity index is 2.00. The molecule has 0 amide bonds. The molecule has 106 valence electrons. The molecule has 0 saturated carbocycles. The van der Waals surface area contributed by atoms with Crippen LogP contribution in [-0.2, 0) is 7.05 Å². The summed E-state index contributed by atoms with van der Waals surface area (Å²) in [5.74, 6) is 3.17. The van der Waals surface area contributed by atoms with Gasteiger partial charge in [0.15, 0.2) is 0 Å². The first-order valence-corrected chi connectivity index (χ1v) is 8.08. The van der Waals surface area contributed by atoms with E-state index in [2.05, 4.69) is 27.0 Å². The maximum atomic E-state index is 5.32. The molecule has 0 aliphatic carbocycles. The number of rotatable bonds is 2. The molecule has 1 saturated heterocycles. The lowest BCUT2D eigenvalue weighted by atomic mass is 10.2. The lowest BCUT2D eigenvalue weighted by molar-refractivity contribution is 0.264. The molecule has 0 radical (unpaired) electrons. The van der Waals surface area contributed by atoms with Crippen molar-refractivity contribution in [1.29, 1.82) is 0 Å². The first-order valence-electron chi connectivity index (χ1n) is 6.52. The fourth-order valence-corrected chi connectivity index (χ4v) is 3.76. The van der Waals surface area contributed by atoms with E-state index in [1.54, 1.807) is 4.68 Å². The number of thioether (sulfide) groups is 1. The predicted octanol–water partition coefficient (Wildman–Crippen LogP) is 2.26. The van der Waals surface area contributed by atoms with E-state index in [4.69, 9.17) is 12.2 Å². The Morgan fingerprint density at radius 3 is 3.00 bits per heavy atom. The summed E-state index contributed by atoms with van der Waals surface area (Å²) in [5.41, 5.74) is 2.02. The van der Waals surface area contributed by atoms with Gasteiger partial charge in [-0.3, -0.25) is 9.58 Å². The largest absolute Gasteiger partial charge is 0.342 e. The van der Waals surface area contributed by atoms with E-state index in [9.17, 15) is 0 Å². The van der Waals surface area contributed by atoms with Gasteiger partial charge in [-0.25, -0.2) is 4.98 Å². The van der Waals surface area contributed by atoms with Crippen LogP contribution in [0, 0.1) is 4.64 Å². The van der Waals surface area contributed by atoms with Gasteiger partial charge >= 0.3 is 0 Å². The van der Waals surface area contributed by atoms with Gasteiger partial charge in [0.1, 0.15) is 10.5 Å². The highest BCUT2D eigenvalue weighted by Crippen LogP contribution is 2.27. The molecule has 2 aromatic heterocycles. The number of nitrogens with one attached hydrogen (secondary N) is 1. The van der Waals surface area contributed by atoms with Gasteiger partial charge in [0.25, 0.3) is 0 Å². The summed E-state index contributed by atoms with van der Waals surface area (Å²) in [6.07, 6.45) is 3.81. The van der Waals surface area contributed by atoms with Crippen LogP contribution < -0.4 is 0 Å². The summed E-state index contributed by atoms with van der Waals surface area (Å²) in [7, 11) is 4.05. The molecule has 0 spiro atoms. The maximum Gasteiger partial charge on any atom is 0.130 e. The Labute approximate surface area is 127 Å². The Morgan fingerprint density at radius 1 is 1.45 bits per heavy atom. The first-order chi connectivity index (χ1) is 9.63. The lowest BCUT2D eigenvalue weighted by Gasteiger charge is -2.31. The third-order valence-corrected chi connectivity index (χ3v) is 4.72. The van der Waals surface area contributed by atoms with E-state index in [1.807, 2.05) is 37.3 Å². The molecular formula is C13H17N5S2. The van der Waals surface area contributed by atoms with Crippen LogP contribution in [0.25, 0.3) is 11.3 Å². The fourth-order valence-electron chi connectivity index (χ4n) is 2.32. The molecule has 5 nitrogen and oxygen atoms in total. The number of aryl methyl sites for hydroxylation is 1. The van der Waals surface area contributed by atoms with Crippen molar-refractivity contribution in [2.45, 2.75) is 6.04 Å². The van der Waals surface area contributed by atoms with Crippen LogP contribution in [-0.4, -0.2) is 49.7 Å². The molecule has 1 fully saturated rings. The quantitative estimate of drug-likeness (QED) is 0.863. The third-order valence-electron chi connectivity index (χ3n) is 3.49. The van der Waals surface area contributed by atoms with E-state index >= 15 is 0 Å².